The minimum absolute atomic E-state index is 0.0134. The SMILES string of the molecule is CCC/C=C/COP1(=NCc2ccc(OC)cc2)OCC(C)(C)CO1. The first-order valence-electron chi connectivity index (χ1n) is 8.78. The Bertz CT molecular complexity index is 596. The van der Waals surface area contributed by atoms with Gasteiger partial charge in [0.2, 0.25) is 0 Å². The van der Waals surface area contributed by atoms with Crippen molar-refractivity contribution in [3.8, 4) is 5.75 Å². The monoisotopic (exact) mass is 367 g/mol. The Hall–Kier alpha value is -1.13. The van der Waals surface area contributed by atoms with E-state index in [1.807, 2.05) is 30.3 Å². The molecule has 0 spiro atoms. The minimum atomic E-state index is -2.66. The summed E-state index contributed by atoms with van der Waals surface area (Å²) in [5, 5.41) is 0. The summed E-state index contributed by atoms with van der Waals surface area (Å²) in [5.74, 6) is 0.831. The molecule has 0 atom stereocenters. The molecular formula is C19H30NO4P. The van der Waals surface area contributed by atoms with Crippen molar-refractivity contribution < 1.29 is 18.3 Å². The second-order valence-electron chi connectivity index (χ2n) is 6.88. The van der Waals surface area contributed by atoms with E-state index in [4.69, 9.17) is 23.1 Å². The van der Waals surface area contributed by atoms with Crippen molar-refractivity contribution >= 4 is 7.74 Å². The lowest BCUT2D eigenvalue weighted by Gasteiger charge is -2.36. The molecule has 1 aliphatic rings. The van der Waals surface area contributed by atoms with Gasteiger partial charge in [-0.1, -0.05) is 51.5 Å². The molecular weight excluding hydrogens is 337 g/mol. The number of rotatable bonds is 8. The summed E-state index contributed by atoms with van der Waals surface area (Å²) in [7, 11) is -1.00. The van der Waals surface area contributed by atoms with E-state index in [9.17, 15) is 0 Å². The molecule has 0 amide bonds. The molecule has 5 nitrogen and oxygen atoms in total. The van der Waals surface area contributed by atoms with Crippen LogP contribution in [0.25, 0.3) is 0 Å². The number of unbranched alkanes of at least 4 members (excludes halogenated alkanes) is 1. The fourth-order valence-corrected chi connectivity index (χ4v) is 4.28. The Balaban J connectivity index is 2.07. The van der Waals surface area contributed by atoms with Crippen LogP contribution in [0.3, 0.4) is 0 Å². The number of hydrogen-bond acceptors (Lipinski definition) is 5. The molecule has 0 aromatic heterocycles. The minimum Gasteiger partial charge on any atom is -0.497 e. The molecule has 0 saturated carbocycles. The summed E-state index contributed by atoms with van der Waals surface area (Å²) in [6, 6.07) is 7.84. The van der Waals surface area contributed by atoms with Gasteiger partial charge in [-0.3, -0.25) is 4.52 Å². The molecule has 2 rings (SSSR count). The zero-order valence-electron chi connectivity index (χ0n) is 15.7. The van der Waals surface area contributed by atoms with Gasteiger partial charge in [0.1, 0.15) is 5.75 Å². The van der Waals surface area contributed by atoms with Crippen LogP contribution in [0.2, 0.25) is 0 Å². The van der Waals surface area contributed by atoms with Crippen LogP contribution in [0.5, 0.6) is 5.75 Å². The van der Waals surface area contributed by atoms with Crippen LogP contribution >= 0.6 is 7.74 Å². The molecule has 0 aliphatic carbocycles. The zero-order chi connectivity index (χ0) is 18.2. The van der Waals surface area contributed by atoms with Crippen molar-refractivity contribution in [2.45, 2.75) is 40.2 Å². The third kappa shape index (κ3) is 6.59. The van der Waals surface area contributed by atoms with Crippen molar-refractivity contribution in [3.05, 3.63) is 42.0 Å². The average molecular weight is 367 g/mol. The van der Waals surface area contributed by atoms with Gasteiger partial charge in [0.15, 0.2) is 0 Å². The maximum absolute atomic E-state index is 6.00. The van der Waals surface area contributed by atoms with Gasteiger partial charge in [-0.2, -0.15) is 0 Å². The van der Waals surface area contributed by atoms with Crippen LogP contribution < -0.4 is 4.74 Å². The molecule has 0 bridgehead atoms. The third-order valence-electron chi connectivity index (χ3n) is 3.78. The first kappa shape index (κ1) is 20.2. The van der Waals surface area contributed by atoms with Gasteiger partial charge in [0.05, 0.1) is 33.5 Å². The van der Waals surface area contributed by atoms with E-state index in [1.54, 1.807) is 7.11 Å². The molecule has 1 fully saturated rings. The van der Waals surface area contributed by atoms with Crippen LogP contribution in [0.4, 0.5) is 0 Å². The van der Waals surface area contributed by atoms with Crippen LogP contribution in [-0.2, 0) is 20.1 Å². The smallest absolute Gasteiger partial charge is 0.356 e. The topological polar surface area (TPSA) is 49.3 Å². The average Bonchev–Trinajstić information content (AvgIpc) is 2.62. The Morgan fingerprint density at radius 3 is 2.44 bits per heavy atom. The normalized spacial score (nSPS) is 19.0. The van der Waals surface area contributed by atoms with E-state index in [2.05, 4.69) is 26.8 Å². The van der Waals surface area contributed by atoms with Crippen LogP contribution in [0.15, 0.2) is 41.2 Å². The number of benzene rings is 1. The molecule has 0 radical (unpaired) electrons. The Morgan fingerprint density at radius 1 is 1.16 bits per heavy atom. The van der Waals surface area contributed by atoms with Crippen molar-refractivity contribution in [1.29, 1.82) is 0 Å². The predicted molar refractivity (Wildman–Crippen MR) is 102 cm³/mol. The quantitative estimate of drug-likeness (QED) is 0.444. The second kappa shape index (κ2) is 9.54. The highest BCUT2D eigenvalue weighted by Crippen LogP contribution is 2.58. The molecule has 0 unspecified atom stereocenters. The maximum atomic E-state index is 6.00. The van der Waals surface area contributed by atoms with Crippen molar-refractivity contribution in [3.63, 3.8) is 0 Å². The highest BCUT2D eigenvalue weighted by molar-refractivity contribution is 7.51. The summed E-state index contributed by atoms with van der Waals surface area (Å²) in [6.07, 6.45) is 6.31. The second-order valence-corrected chi connectivity index (χ2v) is 8.88. The molecule has 6 heteroatoms. The summed E-state index contributed by atoms with van der Waals surface area (Å²) < 4.78 is 27.8. The van der Waals surface area contributed by atoms with E-state index in [0.29, 0.717) is 26.4 Å². The molecule has 1 saturated heterocycles. The van der Waals surface area contributed by atoms with Gasteiger partial charge < -0.3 is 13.8 Å². The molecule has 1 aliphatic heterocycles. The van der Waals surface area contributed by atoms with E-state index in [-0.39, 0.29) is 5.41 Å². The van der Waals surface area contributed by atoms with E-state index < -0.39 is 7.74 Å². The molecule has 1 aromatic rings. The van der Waals surface area contributed by atoms with Crippen molar-refractivity contribution in [2.24, 2.45) is 10.2 Å². The fraction of sp³-hybridized carbons (Fsp3) is 0.579. The van der Waals surface area contributed by atoms with Gasteiger partial charge >= 0.3 is 7.74 Å². The van der Waals surface area contributed by atoms with E-state index in [0.717, 1.165) is 24.2 Å². The standard InChI is InChI=1S/C19H30NO4P/c1-5-6-7-8-13-22-25(23-15-19(2,3)16-24-25)20-14-17-9-11-18(21-4)12-10-17/h7-12H,5-6,13-16H2,1-4H3/b8-7+. The molecule has 1 heterocycles. The fourth-order valence-electron chi connectivity index (χ4n) is 2.18. The maximum Gasteiger partial charge on any atom is 0.356 e. The van der Waals surface area contributed by atoms with Crippen LogP contribution in [0, 0.1) is 5.41 Å². The molecule has 1 aromatic carbocycles. The number of allylic oxidation sites excluding steroid dienone is 1. The number of methoxy groups -OCH3 is 1. The van der Waals surface area contributed by atoms with Gasteiger partial charge in [0, 0.05) is 5.41 Å². The number of hydrogen-bond donors (Lipinski definition) is 0. The first-order valence-corrected chi connectivity index (χ1v) is 10.3. The Kier molecular flexibility index (Phi) is 7.70. The van der Waals surface area contributed by atoms with Gasteiger partial charge in [-0.05, 0) is 24.1 Å². The Morgan fingerprint density at radius 2 is 1.84 bits per heavy atom. The highest BCUT2D eigenvalue weighted by atomic mass is 31.2. The van der Waals surface area contributed by atoms with Gasteiger partial charge in [-0.15, -0.1) is 0 Å². The largest absolute Gasteiger partial charge is 0.497 e. The summed E-state index contributed by atoms with van der Waals surface area (Å²) >= 11 is 0. The van der Waals surface area contributed by atoms with Crippen molar-refractivity contribution in [2.75, 3.05) is 26.9 Å². The van der Waals surface area contributed by atoms with E-state index in [1.165, 1.54) is 0 Å². The number of ether oxygens (including phenoxy) is 1. The highest BCUT2D eigenvalue weighted by Gasteiger charge is 2.35. The lowest BCUT2D eigenvalue weighted by atomic mass is 9.97. The Labute approximate surface area is 151 Å². The molecule has 0 N–H and O–H groups in total. The summed E-state index contributed by atoms with van der Waals surface area (Å²) in [5.41, 5.74) is 1.06. The summed E-state index contributed by atoms with van der Waals surface area (Å²) in [4.78, 5) is 0. The lowest BCUT2D eigenvalue weighted by Crippen LogP contribution is -2.30. The van der Waals surface area contributed by atoms with Gasteiger partial charge in [-0.25, -0.2) is 4.74 Å². The molecule has 140 valence electrons. The summed E-state index contributed by atoms with van der Waals surface area (Å²) in [6.45, 7) is 8.52. The third-order valence-corrected chi connectivity index (χ3v) is 5.65. The van der Waals surface area contributed by atoms with Gasteiger partial charge in [0.25, 0.3) is 0 Å². The first-order chi connectivity index (χ1) is 12.0. The predicted octanol–water partition coefficient (Wildman–Crippen LogP) is 5.59. The number of nitrogens with zero attached hydrogens (tertiary/aromatic N) is 1. The van der Waals surface area contributed by atoms with Crippen molar-refractivity contribution in [1.82, 2.24) is 0 Å². The van der Waals surface area contributed by atoms with E-state index >= 15 is 0 Å². The molecule has 25 heavy (non-hydrogen) atoms. The van der Waals surface area contributed by atoms with Crippen LogP contribution in [-0.4, -0.2) is 26.9 Å². The lowest BCUT2D eigenvalue weighted by molar-refractivity contribution is 0.0221. The zero-order valence-corrected chi connectivity index (χ0v) is 16.6. The van der Waals surface area contributed by atoms with Crippen LogP contribution in [0.1, 0.15) is 39.2 Å².